The van der Waals surface area contributed by atoms with Crippen LogP contribution in [-0.2, 0) is 0 Å². The largest absolute Gasteiger partial charge is 0.396 e. The Morgan fingerprint density at radius 1 is 1.20 bits per heavy atom. The molecule has 1 aromatic heterocycles. The topological polar surface area (TPSA) is 74.2 Å². The van der Waals surface area contributed by atoms with Crippen LogP contribution < -0.4 is 10.2 Å². The Morgan fingerprint density at radius 2 is 2.00 bits per heavy atom. The highest BCUT2D eigenvalue weighted by atomic mass is 35.5. The predicted molar refractivity (Wildman–Crippen MR) is 83.8 cm³/mol. The van der Waals surface area contributed by atoms with Crippen molar-refractivity contribution in [1.29, 1.82) is 0 Å². The number of nitrogens with zero attached hydrogens (tertiary/aromatic N) is 4. The van der Waals surface area contributed by atoms with Gasteiger partial charge in [-0.15, -0.1) is 0 Å². The maximum absolute atomic E-state index is 8.69. The maximum atomic E-state index is 8.69. The van der Waals surface area contributed by atoms with E-state index in [1.54, 1.807) is 11.8 Å². The average molecular weight is 318 g/mol. The van der Waals surface area contributed by atoms with Gasteiger partial charge in [0.15, 0.2) is 0 Å². The number of halogens is 1. The zero-order chi connectivity index (χ0) is 14.2. The van der Waals surface area contributed by atoms with E-state index in [9.17, 15) is 0 Å². The Labute approximate surface area is 128 Å². The van der Waals surface area contributed by atoms with Gasteiger partial charge < -0.3 is 15.3 Å². The van der Waals surface area contributed by atoms with Crippen molar-refractivity contribution >= 4 is 35.3 Å². The van der Waals surface area contributed by atoms with Gasteiger partial charge in [-0.05, 0) is 36.6 Å². The van der Waals surface area contributed by atoms with E-state index in [0.717, 1.165) is 37.6 Å². The standard InChI is InChI=1S/C12H20ClN5OS/c13-10-15-11(14-4-9-20-8-3-7-19)17-12(16-10)18-5-1-2-6-18/h19H,1-9H2,(H,14,15,16,17). The molecule has 0 saturated carbocycles. The van der Waals surface area contributed by atoms with Crippen molar-refractivity contribution in [2.45, 2.75) is 19.3 Å². The van der Waals surface area contributed by atoms with Gasteiger partial charge in [-0.1, -0.05) is 0 Å². The van der Waals surface area contributed by atoms with Gasteiger partial charge >= 0.3 is 0 Å². The van der Waals surface area contributed by atoms with Gasteiger partial charge in [-0.3, -0.25) is 0 Å². The van der Waals surface area contributed by atoms with Crippen molar-refractivity contribution < 1.29 is 5.11 Å². The first-order chi connectivity index (χ1) is 9.79. The molecular formula is C12H20ClN5OS. The number of aliphatic hydroxyl groups excluding tert-OH is 1. The lowest BCUT2D eigenvalue weighted by molar-refractivity contribution is 0.296. The molecule has 6 nitrogen and oxygen atoms in total. The summed E-state index contributed by atoms with van der Waals surface area (Å²) < 4.78 is 0. The smallest absolute Gasteiger partial charge is 0.231 e. The molecule has 0 unspecified atom stereocenters. The van der Waals surface area contributed by atoms with Crippen LogP contribution in [0, 0.1) is 0 Å². The Kier molecular flexibility index (Phi) is 6.62. The van der Waals surface area contributed by atoms with E-state index in [1.165, 1.54) is 12.8 Å². The molecule has 0 spiro atoms. The number of aromatic nitrogens is 3. The van der Waals surface area contributed by atoms with Crippen molar-refractivity contribution in [3.63, 3.8) is 0 Å². The van der Waals surface area contributed by atoms with Crippen LogP contribution in [0.3, 0.4) is 0 Å². The number of hydrogen-bond donors (Lipinski definition) is 2. The van der Waals surface area contributed by atoms with E-state index in [0.29, 0.717) is 11.9 Å². The number of nitrogens with one attached hydrogen (secondary N) is 1. The number of anilines is 2. The van der Waals surface area contributed by atoms with Crippen molar-refractivity contribution in [2.75, 3.05) is 48.0 Å². The fourth-order valence-electron chi connectivity index (χ4n) is 1.98. The summed E-state index contributed by atoms with van der Waals surface area (Å²) in [5.74, 6) is 3.12. The van der Waals surface area contributed by atoms with Crippen molar-refractivity contribution in [3.8, 4) is 0 Å². The molecule has 1 aromatic rings. The van der Waals surface area contributed by atoms with Crippen LogP contribution >= 0.6 is 23.4 Å². The molecule has 2 rings (SSSR count). The molecule has 112 valence electrons. The number of aliphatic hydroxyl groups is 1. The molecule has 0 aromatic carbocycles. The molecule has 0 radical (unpaired) electrons. The van der Waals surface area contributed by atoms with Gasteiger partial charge in [0.1, 0.15) is 0 Å². The van der Waals surface area contributed by atoms with Crippen LogP contribution in [0.4, 0.5) is 11.9 Å². The zero-order valence-electron chi connectivity index (χ0n) is 11.4. The Balaban J connectivity index is 1.81. The third-order valence-electron chi connectivity index (χ3n) is 2.96. The molecule has 0 bridgehead atoms. The van der Waals surface area contributed by atoms with Crippen molar-refractivity contribution in [3.05, 3.63) is 5.28 Å². The fraction of sp³-hybridized carbons (Fsp3) is 0.750. The van der Waals surface area contributed by atoms with E-state index in [4.69, 9.17) is 16.7 Å². The monoisotopic (exact) mass is 317 g/mol. The maximum Gasteiger partial charge on any atom is 0.231 e. The summed E-state index contributed by atoms with van der Waals surface area (Å²) in [7, 11) is 0. The molecule has 2 N–H and O–H groups in total. The lowest BCUT2D eigenvalue weighted by Crippen LogP contribution is -2.21. The summed E-state index contributed by atoms with van der Waals surface area (Å²) in [5.41, 5.74) is 0. The number of thioether (sulfide) groups is 1. The van der Waals surface area contributed by atoms with E-state index in [-0.39, 0.29) is 11.9 Å². The minimum Gasteiger partial charge on any atom is -0.396 e. The second-order valence-corrected chi connectivity index (χ2v) is 6.10. The van der Waals surface area contributed by atoms with E-state index >= 15 is 0 Å². The first kappa shape index (κ1) is 15.6. The van der Waals surface area contributed by atoms with Crippen molar-refractivity contribution in [1.82, 2.24) is 15.0 Å². The normalized spacial score (nSPS) is 14.8. The summed E-state index contributed by atoms with van der Waals surface area (Å²) >= 11 is 7.74. The molecule has 1 saturated heterocycles. The highest BCUT2D eigenvalue weighted by Gasteiger charge is 2.16. The molecule has 20 heavy (non-hydrogen) atoms. The summed E-state index contributed by atoms with van der Waals surface area (Å²) in [6.07, 6.45) is 3.18. The number of rotatable bonds is 8. The summed E-state index contributed by atoms with van der Waals surface area (Å²) in [6, 6.07) is 0. The van der Waals surface area contributed by atoms with Crippen LogP contribution in [0.15, 0.2) is 0 Å². The highest BCUT2D eigenvalue weighted by Crippen LogP contribution is 2.18. The summed E-state index contributed by atoms with van der Waals surface area (Å²) in [4.78, 5) is 14.8. The Hall–Kier alpha value is -0.790. The van der Waals surface area contributed by atoms with Crippen LogP contribution in [0.2, 0.25) is 5.28 Å². The number of hydrogen-bond acceptors (Lipinski definition) is 7. The Morgan fingerprint density at radius 3 is 2.75 bits per heavy atom. The van der Waals surface area contributed by atoms with Crippen LogP contribution in [-0.4, -0.2) is 57.8 Å². The lowest BCUT2D eigenvalue weighted by Gasteiger charge is -2.15. The van der Waals surface area contributed by atoms with E-state index in [1.807, 2.05) is 0 Å². The van der Waals surface area contributed by atoms with Gasteiger partial charge in [-0.2, -0.15) is 26.7 Å². The zero-order valence-corrected chi connectivity index (χ0v) is 13.0. The molecule has 0 amide bonds. The van der Waals surface area contributed by atoms with Gasteiger partial charge in [0.05, 0.1) is 0 Å². The van der Waals surface area contributed by atoms with Gasteiger partial charge in [0, 0.05) is 32.0 Å². The third kappa shape index (κ3) is 4.96. The first-order valence-electron chi connectivity index (χ1n) is 6.88. The van der Waals surface area contributed by atoms with Crippen LogP contribution in [0.1, 0.15) is 19.3 Å². The van der Waals surface area contributed by atoms with Crippen LogP contribution in [0.25, 0.3) is 0 Å². The second kappa shape index (κ2) is 8.49. The van der Waals surface area contributed by atoms with E-state index in [2.05, 4.69) is 25.2 Å². The minimum atomic E-state index is 0.234. The predicted octanol–water partition coefficient (Wildman–Crippen LogP) is 1.65. The molecular weight excluding hydrogens is 298 g/mol. The SMILES string of the molecule is OCCCSCCNc1nc(Cl)nc(N2CCCC2)n1. The van der Waals surface area contributed by atoms with Gasteiger partial charge in [-0.25, -0.2) is 0 Å². The average Bonchev–Trinajstić information content (AvgIpc) is 2.96. The van der Waals surface area contributed by atoms with Crippen LogP contribution in [0.5, 0.6) is 0 Å². The second-order valence-electron chi connectivity index (χ2n) is 4.54. The molecule has 1 aliphatic rings. The lowest BCUT2D eigenvalue weighted by atomic mass is 10.4. The minimum absolute atomic E-state index is 0.234. The Bertz CT molecular complexity index is 417. The third-order valence-corrected chi connectivity index (χ3v) is 4.20. The van der Waals surface area contributed by atoms with E-state index < -0.39 is 0 Å². The molecule has 1 aliphatic heterocycles. The molecule has 2 heterocycles. The quantitative estimate of drug-likeness (QED) is 0.706. The first-order valence-corrected chi connectivity index (χ1v) is 8.42. The summed E-state index contributed by atoms with van der Waals surface area (Å²) in [5, 5.41) is 12.1. The summed E-state index contributed by atoms with van der Waals surface area (Å²) in [6.45, 7) is 2.99. The highest BCUT2D eigenvalue weighted by molar-refractivity contribution is 7.99. The molecule has 0 aliphatic carbocycles. The van der Waals surface area contributed by atoms with Gasteiger partial charge in [0.25, 0.3) is 0 Å². The molecule has 0 atom stereocenters. The van der Waals surface area contributed by atoms with Crippen molar-refractivity contribution in [2.24, 2.45) is 0 Å². The molecule has 1 fully saturated rings. The molecule has 8 heteroatoms. The fourth-order valence-corrected chi connectivity index (χ4v) is 2.92. The van der Waals surface area contributed by atoms with Gasteiger partial charge in [0.2, 0.25) is 17.2 Å².